The van der Waals surface area contributed by atoms with E-state index in [1.54, 1.807) is 0 Å². The number of hydrogen-bond acceptors (Lipinski definition) is 2. The molecular formula is C16H21N3. The van der Waals surface area contributed by atoms with Gasteiger partial charge in [0.1, 0.15) is 0 Å². The van der Waals surface area contributed by atoms with Crippen LogP contribution in [0, 0.1) is 13.8 Å². The first-order valence-electron chi connectivity index (χ1n) is 7.04. The Balaban J connectivity index is 1.76. The van der Waals surface area contributed by atoms with Gasteiger partial charge < -0.3 is 5.32 Å². The molecule has 0 radical (unpaired) electrons. The first-order chi connectivity index (χ1) is 9.24. The summed E-state index contributed by atoms with van der Waals surface area (Å²) < 4.78 is 2.12. The van der Waals surface area contributed by atoms with E-state index in [0.29, 0.717) is 0 Å². The molecule has 0 atom stereocenters. The fraction of sp³-hybridized carbons (Fsp3) is 0.438. The van der Waals surface area contributed by atoms with Gasteiger partial charge in [0.05, 0.1) is 12.2 Å². The fourth-order valence-electron chi connectivity index (χ4n) is 2.43. The Hall–Kier alpha value is -1.61. The topological polar surface area (TPSA) is 29.9 Å². The van der Waals surface area contributed by atoms with Crippen LogP contribution in [-0.2, 0) is 13.1 Å². The molecule has 2 aromatic rings. The molecule has 19 heavy (non-hydrogen) atoms. The molecule has 1 aliphatic rings. The van der Waals surface area contributed by atoms with Gasteiger partial charge in [0.15, 0.2) is 0 Å². The van der Waals surface area contributed by atoms with Gasteiger partial charge in [0, 0.05) is 23.8 Å². The maximum Gasteiger partial charge on any atom is 0.0662 e. The molecule has 1 saturated carbocycles. The van der Waals surface area contributed by atoms with Crippen molar-refractivity contribution >= 4 is 0 Å². The van der Waals surface area contributed by atoms with E-state index in [1.165, 1.54) is 29.7 Å². The van der Waals surface area contributed by atoms with Crippen LogP contribution < -0.4 is 5.32 Å². The number of rotatable bonds is 5. The standard InChI is InChI=1S/C16H21N3/c1-12-16(10-17-15-8-9-15)13(2)19(18-12)11-14-6-4-3-5-7-14/h3-7,15,17H,8-11H2,1-2H3. The lowest BCUT2D eigenvalue weighted by molar-refractivity contribution is 0.652. The van der Waals surface area contributed by atoms with Gasteiger partial charge in [-0.15, -0.1) is 0 Å². The number of aryl methyl sites for hydroxylation is 1. The predicted octanol–water partition coefficient (Wildman–Crippen LogP) is 2.80. The van der Waals surface area contributed by atoms with Crippen molar-refractivity contribution in [2.45, 2.75) is 45.8 Å². The van der Waals surface area contributed by atoms with E-state index >= 15 is 0 Å². The van der Waals surface area contributed by atoms with Crippen LogP contribution in [0.15, 0.2) is 30.3 Å². The fourth-order valence-corrected chi connectivity index (χ4v) is 2.43. The third-order valence-electron chi connectivity index (χ3n) is 3.85. The molecule has 0 saturated heterocycles. The number of nitrogens with one attached hydrogen (secondary N) is 1. The maximum absolute atomic E-state index is 4.68. The van der Waals surface area contributed by atoms with Crippen LogP contribution in [0.3, 0.4) is 0 Å². The van der Waals surface area contributed by atoms with Gasteiger partial charge >= 0.3 is 0 Å². The molecule has 0 unspecified atom stereocenters. The van der Waals surface area contributed by atoms with E-state index in [9.17, 15) is 0 Å². The SMILES string of the molecule is Cc1nn(Cc2ccccc2)c(C)c1CNC1CC1. The minimum atomic E-state index is 0.747. The number of nitrogens with zero attached hydrogens (tertiary/aromatic N) is 2. The molecule has 0 bridgehead atoms. The second kappa shape index (κ2) is 5.17. The quantitative estimate of drug-likeness (QED) is 0.890. The van der Waals surface area contributed by atoms with Crippen LogP contribution >= 0.6 is 0 Å². The minimum Gasteiger partial charge on any atom is -0.310 e. The van der Waals surface area contributed by atoms with Crippen LogP contribution in [0.5, 0.6) is 0 Å². The van der Waals surface area contributed by atoms with E-state index in [4.69, 9.17) is 0 Å². The van der Waals surface area contributed by atoms with Gasteiger partial charge in [-0.2, -0.15) is 5.10 Å². The molecule has 1 aliphatic carbocycles. The summed E-state index contributed by atoms with van der Waals surface area (Å²) in [5.41, 5.74) is 5.11. The smallest absolute Gasteiger partial charge is 0.0662 e. The summed E-state index contributed by atoms with van der Waals surface area (Å²) in [5, 5.41) is 8.26. The Morgan fingerprint density at radius 3 is 2.63 bits per heavy atom. The third-order valence-corrected chi connectivity index (χ3v) is 3.85. The zero-order valence-electron chi connectivity index (χ0n) is 11.7. The highest BCUT2D eigenvalue weighted by Gasteiger charge is 2.21. The average Bonchev–Trinajstić information content (AvgIpc) is 3.19. The Morgan fingerprint density at radius 2 is 1.95 bits per heavy atom. The zero-order chi connectivity index (χ0) is 13.2. The molecule has 1 aromatic carbocycles. The van der Waals surface area contributed by atoms with Crippen molar-refractivity contribution < 1.29 is 0 Å². The van der Waals surface area contributed by atoms with Gasteiger partial charge in [-0.3, -0.25) is 4.68 Å². The van der Waals surface area contributed by atoms with Crippen molar-refractivity contribution in [3.8, 4) is 0 Å². The summed E-state index contributed by atoms with van der Waals surface area (Å²) >= 11 is 0. The van der Waals surface area contributed by atoms with Gasteiger partial charge in [0.2, 0.25) is 0 Å². The third kappa shape index (κ3) is 2.87. The van der Waals surface area contributed by atoms with Crippen LogP contribution in [0.4, 0.5) is 0 Å². The van der Waals surface area contributed by atoms with Crippen molar-refractivity contribution in [3.05, 3.63) is 52.8 Å². The Kier molecular flexibility index (Phi) is 3.38. The minimum absolute atomic E-state index is 0.747. The lowest BCUT2D eigenvalue weighted by atomic mass is 10.2. The van der Waals surface area contributed by atoms with Crippen LogP contribution in [0.25, 0.3) is 0 Å². The van der Waals surface area contributed by atoms with Gasteiger partial charge in [0.25, 0.3) is 0 Å². The summed E-state index contributed by atoms with van der Waals surface area (Å²) in [7, 11) is 0. The number of hydrogen-bond donors (Lipinski definition) is 1. The van der Waals surface area contributed by atoms with Crippen molar-refractivity contribution in [3.63, 3.8) is 0 Å². The molecule has 0 amide bonds. The molecule has 3 nitrogen and oxygen atoms in total. The highest BCUT2D eigenvalue weighted by Crippen LogP contribution is 2.21. The summed E-state index contributed by atoms with van der Waals surface area (Å²) in [5.74, 6) is 0. The average molecular weight is 255 g/mol. The second-order valence-electron chi connectivity index (χ2n) is 5.45. The van der Waals surface area contributed by atoms with E-state index in [0.717, 1.165) is 24.8 Å². The van der Waals surface area contributed by atoms with Gasteiger partial charge in [-0.25, -0.2) is 0 Å². The maximum atomic E-state index is 4.68. The van der Waals surface area contributed by atoms with E-state index in [2.05, 4.69) is 59.3 Å². The van der Waals surface area contributed by atoms with Crippen LogP contribution in [0.1, 0.15) is 35.4 Å². The Labute approximate surface area is 114 Å². The molecule has 100 valence electrons. The van der Waals surface area contributed by atoms with Crippen molar-refractivity contribution in [1.29, 1.82) is 0 Å². The zero-order valence-corrected chi connectivity index (χ0v) is 11.7. The number of benzene rings is 1. The van der Waals surface area contributed by atoms with Crippen molar-refractivity contribution in [2.24, 2.45) is 0 Å². The van der Waals surface area contributed by atoms with Gasteiger partial charge in [-0.1, -0.05) is 30.3 Å². The number of aromatic nitrogens is 2. The molecule has 3 rings (SSSR count). The van der Waals surface area contributed by atoms with Crippen molar-refractivity contribution in [2.75, 3.05) is 0 Å². The molecule has 1 N–H and O–H groups in total. The summed E-state index contributed by atoms with van der Waals surface area (Å²) in [4.78, 5) is 0. The molecule has 0 aliphatic heterocycles. The first kappa shape index (κ1) is 12.4. The van der Waals surface area contributed by atoms with Gasteiger partial charge in [-0.05, 0) is 32.3 Å². The largest absolute Gasteiger partial charge is 0.310 e. The Morgan fingerprint density at radius 1 is 1.21 bits per heavy atom. The summed E-state index contributed by atoms with van der Waals surface area (Å²) in [6.07, 6.45) is 2.66. The molecule has 1 heterocycles. The van der Waals surface area contributed by atoms with E-state index < -0.39 is 0 Å². The lowest BCUT2D eigenvalue weighted by Crippen LogP contribution is -2.16. The normalized spacial score (nSPS) is 14.8. The molecule has 0 spiro atoms. The van der Waals surface area contributed by atoms with Crippen LogP contribution in [-0.4, -0.2) is 15.8 Å². The van der Waals surface area contributed by atoms with E-state index in [-0.39, 0.29) is 0 Å². The monoisotopic (exact) mass is 255 g/mol. The molecule has 1 fully saturated rings. The Bertz CT molecular complexity index is 553. The molecular weight excluding hydrogens is 234 g/mol. The highest BCUT2D eigenvalue weighted by molar-refractivity contribution is 5.26. The first-order valence-corrected chi connectivity index (χ1v) is 7.04. The van der Waals surface area contributed by atoms with Crippen molar-refractivity contribution in [1.82, 2.24) is 15.1 Å². The second-order valence-corrected chi connectivity index (χ2v) is 5.45. The highest BCUT2D eigenvalue weighted by atomic mass is 15.3. The molecule has 1 aromatic heterocycles. The lowest BCUT2D eigenvalue weighted by Gasteiger charge is -2.06. The van der Waals surface area contributed by atoms with Crippen LogP contribution in [0.2, 0.25) is 0 Å². The predicted molar refractivity (Wildman–Crippen MR) is 77.1 cm³/mol. The van der Waals surface area contributed by atoms with E-state index in [1.807, 2.05) is 0 Å². The summed E-state index contributed by atoms with van der Waals surface area (Å²) in [6.45, 7) is 6.10. The molecule has 3 heteroatoms. The summed E-state index contributed by atoms with van der Waals surface area (Å²) in [6, 6.07) is 11.3.